The summed E-state index contributed by atoms with van der Waals surface area (Å²) in [5.41, 5.74) is 0. The minimum atomic E-state index is 0.146. The van der Waals surface area contributed by atoms with Crippen molar-refractivity contribution in [2.45, 2.75) is 46.1 Å². The Morgan fingerprint density at radius 2 is 2.08 bits per heavy atom. The average Bonchev–Trinajstić information content (AvgIpc) is 2.05. The molecular formula is C10H19O2. The maximum absolute atomic E-state index is 11.2. The molecule has 0 N–H and O–H groups in total. The first-order valence-corrected chi connectivity index (χ1v) is 4.55. The van der Waals surface area contributed by atoms with E-state index in [1.54, 1.807) is 0 Å². The van der Waals surface area contributed by atoms with Crippen molar-refractivity contribution in [1.82, 2.24) is 0 Å². The lowest BCUT2D eigenvalue weighted by Gasteiger charge is -2.12. The first-order chi connectivity index (χ1) is 5.61. The first-order valence-electron chi connectivity index (χ1n) is 4.55. The molecule has 1 unspecified atom stereocenters. The van der Waals surface area contributed by atoms with Gasteiger partial charge in [0.2, 0.25) is 0 Å². The van der Waals surface area contributed by atoms with Gasteiger partial charge in [0, 0.05) is 12.3 Å². The molecule has 0 rings (SSSR count). The number of ether oxygens (including phenoxy) is 1. The molecular weight excluding hydrogens is 152 g/mol. The Bertz CT molecular complexity index is 126. The van der Waals surface area contributed by atoms with E-state index in [0.29, 0.717) is 12.2 Å². The van der Waals surface area contributed by atoms with Gasteiger partial charge in [0.05, 0.1) is 13.2 Å². The van der Waals surface area contributed by atoms with E-state index in [2.05, 4.69) is 7.11 Å². The highest BCUT2D eigenvalue weighted by Crippen LogP contribution is 2.09. The molecule has 1 atom stereocenters. The van der Waals surface area contributed by atoms with Crippen LogP contribution in [0.2, 0.25) is 0 Å². The molecule has 0 heterocycles. The Labute approximate surface area is 75.3 Å². The first kappa shape index (κ1) is 11.6. The molecule has 0 spiro atoms. The third-order valence-electron chi connectivity index (χ3n) is 2.05. The van der Waals surface area contributed by atoms with Gasteiger partial charge in [0.15, 0.2) is 0 Å². The number of carbonyl (C=O) groups excluding carboxylic acids is 1. The molecule has 0 aromatic rings. The Morgan fingerprint density at radius 3 is 2.42 bits per heavy atom. The van der Waals surface area contributed by atoms with Gasteiger partial charge in [-0.15, -0.1) is 0 Å². The van der Waals surface area contributed by atoms with Crippen LogP contribution in [0.3, 0.4) is 0 Å². The molecule has 0 saturated heterocycles. The molecule has 2 nitrogen and oxygen atoms in total. The SMILES string of the molecule is [CH2]OC(CC)CCC(=O)C(C)C. The van der Waals surface area contributed by atoms with Gasteiger partial charge < -0.3 is 4.74 Å². The number of hydrogen-bond donors (Lipinski definition) is 0. The Morgan fingerprint density at radius 1 is 1.50 bits per heavy atom. The van der Waals surface area contributed by atoms with Crippen LogP contribution in [0.1, 0.15) is 40.0 Å². The second-order valence-electron chi connectivity index (χ2n) is 3.36. The second kappa shape index (κ2) is 6.18. The van der Waals surface area contributed by atoms with Crippen molar-refractivity contribution in [3.63, 3.8) is 0 Å². The fourth-order valence-electron chi connectivity index (χ4n) is 0.997. The highest BCUT2D eigenvalue weighted by Gasteiger charge is 2.10. The van der Waals surface area contributed by atoms with Gasteiger partial charge in [0.25, 0.3) is 0 Å². The van der Waals surface area contributed by atoms with Gasteiger partial charge in [-0.2, -0.15) is 0 Å². The molecule has 71 valence electrons. The fourth-order valence-corrected chi connectivity index (χ4v) is 0.997. The zero-order valence-electron chi connectivity index (χ0n) is 8.30. The Hall–Kier alpha value is -0.370. The number of ketones is 1. The van der Waals surface area contributed by atoms with Crippen LogP contribution in [0.5, 0.6) is 0 Å². The van der Waals surface area contributed by atoms with Crippen molar-refractivity contribution >= 4 is 5.78 Å². The Kier molecular flexibility index (Phi) is 5.99. The van der Waals surface area contributed by atoms with E-state index in [1.165, 1.54) is 0 Å². The molecule has 0 aliphatic carbocycles. The summed E-state index contributed by atoms with van der Waals surface area (Å²) in [4.78, 5) is 11.2. The van der Waals surface area contributed by atoms with Crippen molar-refractivity contribution < 1.29 is 9.53 Å². The summed E-state index contributed by atoms with van der Waals surface area (Å²) in [5, 5.41) is 0. The average molecular weight is 171 g/mol. The quantitative estimate of drug-likeness (QED) is 0.614. The van der Waals surface area contributed by atoms with Crippen molar-refractivity contribution in [2.75, 3.05) is 0 Å². The fraction of sp³-hybridized carbons (Fsp3) is 0.800. The summed E-state index contributed by atoms with van der Waals surface area (Å²) in [6, 6.07) is 0. The maximum Gasteiger partial charge on any atom is 0.135 e. The number of rotatable bonds is 6. The lowest BCUT2D eigenvalue weighted by Crippen LogP contribution is -2.13. The van der Waals surface area contributed by atoms with Gasteiger partial charge in [-0.3, -0.25) is 4.79 Å². The van der Waals surface area contributed by atoms with Crippen LogP contribution in [-0.2, 0) is 9.53 Å². The van der Waals surface area contributed by atoms with E-state index in [0.717, 1.165) is 12.8 Å². The number of hydrogen-bond acceptors (Lipinski definition) is 2. The minimum Gasteiger partial charge on any atom is -0.376 e. The predicted octanol–water partition coefficient (Wildman–Crippen LogP) is 2.58. The van der Waals surface area contributed by atoms with Gasteiger partial charge in [-0.25, -0.2) is 0 Å². The second-order valence-corrected chi connectivity index (χ2v) is 3.36. The molecule has 1 radical (unpaired) electrons. The Balaban J connectivity index is 3.59. The lowest BCUT2D eigenvalue weighted by atomic mass is 10.0. The summed E-state index contributed by atoms with van der Waals surface area (Å²) in [6.07, 6.45) is 2.49. The van der Waals surface area contributed by atoms with Crippen LogP contribution in [0.15, 0.2) is 0 Å². The summed E-state index contributed by atoms with van der Waals surface area (Å²) < 4.78 is 4.93. The van der Waals surface area contributed by atoms with Crippen molar-refractivity contribution in [1.29, 1.82) is 0 Å². The van der Waals surface area contributed by atoms with E-state index >= 15 is 0 Å². The molecule has 0 amide bonds. The molecule has 0 saturated carbocycles. The zero-order valence-corrected chi connectivity index (χ0v) is 8.30. The lowest BCUT2D eigenvalue weighted by molar-refractivity contribution is -0.122. The normalized spacial score (nSPS) is 13.4. The summed E-state index contributed by atoms with van der Waals surface area (Å²) in [5.74, 6) is 0.456. The van der Waals surface area contributed by atoms with Crippen LogP contribution in [0.25, 0.3) is 0 Å². The van der Waals surface area contributed by atoms with E-state index in [1.807, 2.05) is 20.8 Å². The van der Waals surface area contributed by atoms with Crippen LogP contribution < -0.4 is 0 Å². The van der Waals surface area contributed by atoms with E-state index in [-0.39, 0.29) is 12.0 Å². The topological polar surface area (TPSA) is 26.3 Å². The third-order valence-corrected chi connectivity index (χ3v) is 2.05. The van der Waals surface area contributed by atoms with Gasteiger partial charge in [-0.05, 0) is 12.8 Å². The smallest absolute Gasteiger partial charge is 0.135 e. The van der Waals surface area contributed by atoms with Gasteiger partial charge >= 0.3 is 0 Å². The van der Waals surface area contributed by atoms with E-state index < -0.39 is 0 Å². The molecule has 0 aliphatic heterocycles. The largest absolute Gasteiger partial charge is 0.376 e. The summed E-state index contributed by atoms with van der Waals surface area (Å²) in [7, 11) is 3.37. The van der Waals surface area contributed by atoms with Gasteiger partial charge in [0.1, 0.15) is 5.78 Å². The van der Waals surface area contributed by atoms with E-state index in [4.69, 9.17) is 4.74 Å². The van der Waals surface area contributed by atoms with Crippen molar-refractivity contribution in [3.05, 3.63) is 7.11 Å². The molecule has 0 fully saturated rings. The third kappa shape index (κ3) is 4.50. The van der Waals surface area contributed by atoms with Crippen LogP contribution >= 0.6 is 0 Å². The summed E-state index contributed by atoms with van der Waals surface area (Å²) in [6.45, 7) is 5.89. The van der Waals surface area contributed by atoms with Crippen LogP contribution in [-0.4, -0.2) is 11.9 Å². The van der Waals surface area contributed by atoms with E-state index in [9.17, 15) is 4.79 Å². The monoisotopic (exact) mass is 171 g/mol. The highest BCUT2D eigenvalue weighted by atomic mass is 16.5. The van der Waals surface area contributed by atoms with Crippen LogP contribution in [0.4, 0.5) is 0 Å². The number of carbonyl (C=O) groups is 1. The number of Topliss-reactive ketones (excluding diaryl/α,β-unsaturated/α-hetero) is 1. The molecule has 12 heavy (non-hydrogen) atoms. The molecule has 2 heteroatoms. The van der Waals surface area contributed by atoms with Crippen molar-refractivity contribution in [3.8, 4) is 0 Å². The molecule has 0 bridgehead atoms. The van der Waals surface area contributed by atoms with Crippen molar-refractivity contribution in [2.24, 2.45) is 5.92 Å². The molecule has 0 aromatic carbocycles. The summed E-state index contributed by atoms with van der Waals surface area (Å²) >= 11 is 0. The highest BCUT2D eigenvalue weighted by molar-refractivity contribution is 5.80. The molecule has 0 aliphatic rings. The maximum atomic E-state index is 11.2. The van der Waals surface area contributed by atoms with Crippen LogP contribution in [0, 0.1) is 13.0 Å². The standard InChI is InChI=1S/C10H19O2/c1-5-9(12-4)6-7-10(11)8(2)3/h8-9H,4-7H2,1-3H3. The van der Waals surface area contributed by atoms with Gasteiger partial charge in [-0.1, -0.05) is 20.8 Å². The molecule has 0 aromatic heterocycles. The zero-order chi connectivity index (χ0) is 9.56. The predicted molar refractivity (Wildman–Crippen MR) is 49.6 cm³/mol. The minimum absolute atomic E-state index is 0.146.